The lowest BCUT2D eigenvalue weighted by Gasteiger charge is -2.08. The lowest BCUT2D eigenvalue weighted by atomic mass is 10.3. The predicted octanol–water partition coefficient (Wildman–Crippen LogP) is 1.33. The van der Waals surface area contributed by atoms with Crippen molar-refractivity contribution in [3.63, 3.8) is 0 Å². The molecule has 0 radical (unpaired) electrons. The quantitative estimate of drug-likeness (QED) is 0.825. The summed E-state index contributed by atoms with van der Waals surface area (Å²) in [6.45, 7) is 2.25. The van der Waals surface area contributed by atoms with Crippen molar-refractivity contribution in [2.24, 2.45) is 5.73 Å². The molecule has 5 nitrogen and oxygen atoms in total. The van der Waals surface area contributed by atoms with Crippen LogP contribution in [0.25, 0.3) is 0 Å². The lowest BCUT2D eigenvalue weighted by molar-refractivity contribution is -0.145. The van der Waals surface area contributed by atoms with E-state index in [2.05, 4.69) is 4.98 Å². The number of nitrogens with zero attached hydrogens (tertiary/aromatic N) is 1. The third kappa shape index (κ3) is 6.31. The summed E-state index contributed by atoms with van der Waals surface area (Å²) in [6, 6.07) is 3.44. The molecule has 0 atom stereocenters. The van der Waals surface area contributed by atoms with Gasteiger partial charge in [-0.25, -0.2) is 4.79 Å². The Morgan fingerprint density at radius 3 is 2.76 bits per heavy atom. The van der Waals surface area contributed by atoms with Crippen LogP contribution in [0.4, 0.5) is 0 Å². The standard InChI is InChI=1S/C10H14N2O3.2ClH/c1-2-14-10(13)7-15-9-4-3-5-12-8(9)6-11;;/h3-5H,2,6-7,11H2,1H3;2*1H. The highest BCUT2D eigenvalue weighted by Crippen LogP contribution is 2.13. The zero-order valence-corrected chi connectivity index (χ0v) is 11.1. The summed E-state index contributed by atoms with van der Waals surface area (Å²) in [5, 5.41) is 0. The van der Waals surface area contributed by atoms with E-state index in [1.165, 1.54) is 0 Å². The number of aromatic nitrogens is 1. The van der Waals surface area contributed by atoms with Gasteiger partial charge in [-0.1, -0.05) is 0 Å². The highest BCUT2D eigenvalue weighted by Gasteiger charge is 2.06. The number of rotatable bonds is 5. The monoisotopic (exact) mass is 282 g/mol. The van der Waals surface area contributed by atoms with E-state index in [-0.39, 0.29) is 38.0 Å². The Morgan fingerprint density at radius 2 is 2.18 bits per heavy atom. The fourth-order valence-electron chi connectivity index (χ4n) is 1.05. The molecule has 0 saturated carbocycles. The van der Waals surface area contributed by atoms with Crippen LogP contribution in [-0.2, 0) is 16.1 Å². The van der Waals surface area contributed by atoms with Gasteiger partial charge in [-0.05, 0) is 19.1 Å². The predicted molar refractivity (Wildman–Crippen MR) is 68.8 cm³/mol. The van der Waals surface area contributed by atoms with Gasteiger partial charge in [0, 0.05) is 12.7 Å². The van der Waals surface area contributed by atoms with Gasteiger partial charge in [0.25, 0.3) is 0 Å². The van der Waals surface area contributed by atoms with Crippen molar-refractivity contribution < 1.29 is 14.3 Å². The maximum absolute atomic E-state index is 11.0. The summed E-state index contributed by atoms with van der Waals surface area (Å²) in [5.41, 5.74) is 6.08. The van der Waals surface area contributed by atoms with Crippen molar-refractivity contribution in [2.75, 3.05) is 13.2 Å². The minimum absolute atomic E-state index is 0. The minimum atomic E-state index is -0.399. The normalized spacial score (nSPS) is 8.59. The van der Waals surface area contributed by atoms with E-state index in [1.807, 2.05) is 0 Å². The second-order valence-corrected chi connectivity index (χ2v) is 2.75. The Hall–Kier alpha value is -1.04. The molecule has 1 aromatic rings. The number of carbonyl (C=O) groups is 1. The number of esters is 1. The summed E-state index contributed by atoms with van der Waals surface area (Å²) in [4.78, 5) is 15.0. The molecule has 7 heteroatoms. The number of pyridine rings is 1. The van der Waals surface area contributed by atoms with Gasteiger partial charge in [-0.2, -0.15) is 0 Å². The number of ether oxygens (including phenoxy) is 2. The van der Waals surface area contributed by atoms with E-state index in [0.29, 0.717) is 18.1 Å². The molecule has 98 valence electrons. The number of carbonyl (C=O) groups excluding carboxylic acids is 1. The molecule has 0 aliphatic rings. The average molecular weight is 283 g/mol. The van der Waals surface area contributed by atoms with E-state index < -0.39 is 5.97 Å². The molecule has 0 aliphatic heterocycles. The number of hydrogen-bond donors (Lipinski definition) is 1. The molecule has 2 N–H and O–H groups in total. The van der Waals surface area contributed by atoms with Crippen LogP contribution in [0, 0.1) is 0 Å². The molecular weight excluding hydrogens is 267 g/mol. The zero-order chi connectivity index (χ0) is 11.1. The van der Waals surface area contributed by atoms with E-state index in [0.717, 1.165) is 0 Å². The lowest BCUT2D eigenvalue weighted by Crippen LogP contribution is -2.16. The third-order valence-electron chi connectivity index (χ3n) is 1.69. The molecule has 1 heterocycles. The van der Waals surface area contributed by atoms with Gasteiger partial charge in [-0.15, -0.1) is 24.8 Å². The topological polar surface area (TPSA) is 74.4 Å². The van der Waals surface area contributed by atoms with Crippen molar-refractivity contribution in [3.8, 4) is 5.75 Å². The van der Waals surface area contributed by atoms with E-state index in [4.69, 9.17) is 15.2 Å². The molecule has 0 aromatic carbocycles. The van der Waals surface area contributed by atoms with Gasteiger partial charge in [0.15, 0.2) is 6.61 Å². The van der Waals surface area contributed by atoms with Gasteiger partial charge < -0.3 is 15.2 Å². The van der Waals surface area contributed by atoms with Crippen LogP contribution in [-0.4, -0.2) is 24.2 Å². The summed E-state index contributed by atoms with van der Waals surface area (Å²) >= 11 is 0. The Labute approximate surface area is 113 Å². The van der Waals surface area contributed by atoms with Crippen molar-refractivity contribution in [2.45, 2.75) is 13.5 Å². The molecule has 17 heavy (non-hydrogen) atoms. The first-order chi connectivity index (χ1) is 7.27. The Balaban J connectivity index is 0. The largest absolute Gasteiger partial charge is 0.480 e. The molecule has 0 saturated heterocycles. The maximum atomic E-state index is 11.0. The Kier molecular flexibility index (Phi) is 10.9. The fourth-order valence-corrected chi connectivity index (χ4v) is 1.05. The highest BCUT2D eigenvalue weighted by molar-refractivity contribution is 5.85. The molecule has 0 spiro atoms. The number of nitrogens with two attached hydrogens (primary N) is 1. The summed E-state index contributed by atoms with van der Waals surface area (Å²) in [7, 11) is 0. The molecule has 0 aliphatic carbocycles. The van der Waals surface area contributed by atoms with E-state index in [1.54, 1.807) is 25.3 Å². The molecule has 1 aromatic heterocycles. The second-order valence-electron chi connectivity index (χ2n) is 2.75. The molecular formula is C10H16Cl2N2O3. The van der Waals surface area contributed by atoms with Crippen LogP contribution in [0.15, 0.2) is 18.3 Å². The Morgan fingerprint density at radius 1 is 1.47 bits per heavy atom. The van der Waals surface area contributed by atoms with Gasteiger partial charge in [0.05, 0.1) is 12.3 Å². The number of halogens is 2. The molecule has 0 bridgehead atoms. The van der Waals surface area contributed by atoms with Gasteiger partial charge >= 0.3 is 5.97 Å². The van der Waals surface area contributed by atoms with Crippen LogP contribution in [0.3, 0.4) is 0 Å². The molecule has 0 fully saturated rings. The average Bonchev–Trinajstić information content (AvgIpc) is 2.27. The molecule has 1 rings (SSSR count). The highest BCUT2D eigenvalue weighted by atomic mass is 35.5. The Bertz CT molecular complexity index is 337. The first-order valence-electron chi connectivity index (χ1n) is 4.70. The van der Waals surface area contributed by atoms with Crippen LogP contribution in [0.5, 0.6) is 5.75 Å². The second kappa shape index (κ2) is 10.1. The van der Waals surface area contributed by atoms with Gasteiger partial charge in [0.1, 0.15) is 5.75 Å². The van der Waals surface area contributed by atoms with E-state index in [9.17, 15) is 4.79 Å². The summed E-state index contributed by atoms with van der Waals surface area (Å²) < 4.78 is 9.95. The maximum Gasteiger partial charge on any atom is 0.344 e. The van der Waals surface area contributed by atoms with Crippen molar-refractivity contribution >= 4 is 30.8 Å². The smallest absolute Gasteiger partial charge is 0.344 e. The zero-order valence-electron chi connectivity index (χ0n) is 9.42. The summed E-state index contributed by atoms with van der Waals surface area (Å²) in [5.74, 6) is 0.123. The van der Waals surface area contributed by atoms with Crippen molar-refractivity contribution in [3.05, 3.63) is 24.0 Å². The van der Waals surface area contributed by atoms with E-state index >= 15 is 0 Å². The van der Waals surface area contributed by atoms with Crippen LogP contribution < -0.4 is 10.5 Å². The van der Waals surface area contributed by atoms with Crippen molar-refractivity contribution in [1.82, 2.24) is 4.98 Å². The summed E-state index contributed by atoms with van der Waals surface area (Å²) in [6.07, 6.45) is 1.62. The van der Waals surface area contributed by atoms with Crippen LogP contribution in [0.2, 0.25) is 0 Å². The van der Waals surface area contributed by atoms with Crippen molar-refractivity contribution in [1.29, 1.82) is 0 Å². The molecule has 0 unspecified atom stereocenters. The first kappa shape index (κ1) is 18.3. The van der Waals surface area contributed by atoms with Crippen LogP contribution in [0.1, 0.15) is 12.6 Å². The van der Waals surface area contributed by atoms with Gasteiger partial charge in [-0.3, -0.25) is 4.98 Å². The molecule has 0 amide bonds. The van der Waals surface area contributed by atoms with Gasteiger partial charge in [0.2, 0.25) is 0 Å². The SMILES string of the molecule is CCOC(=O)COc1cccnc1CN.Cl.Cl. The van der Waals surface area contributed by atoms with Crippen LogP contribution >= 0.6 is 24.8 Å². The first-order valence-corrected chi connectivity index (χ1v) is 4.70. The number of hydrogen-bond acceptors (Lipinski definition) is 5. The third-order valence-corrected chi connectivity index (χ3v) is 1.69. The fraction of sp³-hybridized carbons (Fsp3) is 0.400. The minimum Gasteiger partial charge on any atom is -0.480 e.